The van der Waals surface area contributed by atoms with Gasteiger partial charge in [0.05, 0.1) is 6.04 Å². The number of benzene rings is 1. The Bertz CT molecular complexity index is 1150. The summed E-state index contributed by atoms with van der Waals surface area (Å²) >= 11 is 7.30. The number of thiazole rings is 1. The highest BCUT2D eigenvalue weighted by Crippen LogP contribution is 2.34. The lowest BCUT2D eigenvalue weighted by Crippen LogP contribution is -2.33. The first-order valence-corrected chi connectivity index (χ1v) is 13.6. The summed E-state index contributed by atoms with van der Waals surface area (Å²) in [6, 6.07) is 6.45. The molecule has 0 radical (unpaired) electrons. The number of nitrogens with one attached hydrogen (secondary N) is 1. The quantitative estimate of drug-likeness (QED) is 0.132. The number of halogens is 1. The van der Waals surface area contributed by atoms with E-state index in [0.717, 1.165) is 5.56 Å². The van der Waals surface area contributed by atoms with Crippen molar-refractivity contribution in [2.75, 3.05) is 20.1 Å². The Balaban J connectivity index is 1.61. The highest BCUT2D eigenvalue weighted by molar-refractivity contribution is 7.09. The average Bonchev–Trinajstić information content (AvgIpc) is 3.52. The minimum absolute atomic E-state index is 0.0264. The number of Topliss-reactive ketones (excluding diaryl/α,β-unsaturated/α-hetero) is 1. The molecule has 38 heavy (non-hydrogen) atoms. The van der Waals surface area contributed by atoms with Crippen molar-refractivity contribution in [2.45, 2.75) is 50.8 Å². The predicted octanol–water partition coefficient (Wildman–Crippen LogP) is 2.59. The van der Waals surface area contributed by atoms with Gasteiger partial charge < -0.3 is 27.3 Å². The second-order valence-electron chi connectivity index (χ2n) is 9.16. The summed E-state index contributed by atoms with van der Waals surface area (Å²) in [4.78, 5) is 48.3. The van der Waals surface area contributed by atoms with Gasteiger partial charge in [-0.2, -0.15) is 0 Å². The van der Waals surface area contributed by atoms with Crippen molar-refractivity contribution in [3.8, 4) is 0 Å². The Morgan fingerprint density at radius 2 is 2.11 bits per heavy atom. The van der Waals surface area contributed by atoms with Gasteiger partial charge >= 0.3 is 6.09 Å². The number of aromatic nitrogens is 1. The number of hydrogen-bond donors (Lipinski definition) is 4. The number of amides is 2. The molecular formula is C25H34ClN7O4S. The molecule has 2 heterocycles. The van der Waals surface area contributed by atoms with Crippen molar-refractivity contribution in [1.82, 2.24) is 15.2 Å². The van der Waals surface area contributed by atoms with Crippen LogP contribution in [0.3, 0.4) is 0 Å². The molecule has 2 aromatic rings. The number of carbonyl (C=O) groups excluding carboxylic acids is 3. The average molecular weight is 564 g/mol. The molecule has 7 N–H and O–H groups in total. The lowest BCUT2D eigenvalue weighted by molar-refractivity contribution is -0.124. The first-order valence-electron chi connectivity index (χ1n) is 12.4. The summed E-state index contributed by atoms with van der Waals surface area (Å²) in [5.41, 5.74) is 17.9. The Kier molecular flexibility index (Phi) is 10.9. The van der Waals surface area contributed by atoms with Crippen molar-refractivity contribution < 1.29 is 19.1 Å². The third-order valence-corrected chi connectivity index (χ3v) is 7.40. The van der Waals surface area contributed by atoms with Gasteiger partial charge in [-0.15, -0.1) is 11.3 Å². The van der Waals surface area contributed by atoms with Gasteiger partial charge in [-0.05, 0) is 37.0 Å². The third kappa shape index (κ3) is 8.40. The topological polar surface area (TPSA) is 179 Å². The van der Waals surface area contributed by atoms with E-state index in [1.807, 2.05) is 6.07 Å². The molecule has 1 fully saturated rings. The highest BCUT2D eigenvalue weighted by Gasteiger charge is 2.37. The maximum atomic E-state index is 13.0. The van der Waals surface area contributed by atoms with Crippen molar-refractivity contribution in [2.24, 2.45) is 28.1 Å². The fourth-order valence-electron chi connectivity index (χ4n) is 4.30. The number of unbranched alkanes of at least 4 members (excludes halogenated alkanes) is 1. The van der Waals surface area contributed by atoms with E-state index >= 15 is 0 Å². The minimum Gasteiger partial charge on any atom is -0.445 e. The molecule has 206 valence electrons. The Hall–Kier alpha value is -3.22. The molecule has 0 bridgehead atoms. The number of carbonyl (C=O) groups is 3. The highest BCUT2D eigenvalue weighted by atomic mass is 35.5. The lowest BCUT2D eigenvalue weighted by atomic mass is 9.94. The zero-order valence-corrected chi connectivity index (χ0v) is 22.8. The standard InChI is InChI=1S/C25H34ClN7O4S/c1-30-22(35)16(6-2-3-8-31-24(28)29)10-21(34)19-14-38-23(32-19)20-11-18(27)12-33(20)25(36)37-13-15-5-4-7-17(26)9-15/h4-5,7,9,14,16,18,20H,2-3,6,8,10-13,27H2,1H3,(H,30,35)(H4,28,29,31)/t16-,18-,20+/m1/s1. The molecular weight excluding hydrogens is 530 g/mol. The van der Waals surface area contributed by atoms with Crippen LogP contribution in [0.25, 0.3) is 0 Å². The molecule has 0 unspecified atom stereocenters. The predicted molar refractivity (Wildman–Crippen MR) is 147 cm³/mol. The molecule has 0 aliphatic carbocycles. The van der Waals surface area contributed by atoms with Gasteiger partial charge in [0.1, 0.15) is 17.3 Å². The van der Waals surface area contributed by atoms with E-state index in [1.54, 1.807) is 35.5 Å². The van der Waals surface area contributed by atoms with Crippen LogP contribution in [0, 0.1) is 5.92 Å². The third-order valence-electron chi connectivity index (χ3n) is 6.22. The summed E-state index contributed by atoms with van der Waals surface area (Å²) in [7, 11) is 1.55. The smallest absolute Gasteiger partial charge is 0.410 e. The van der Waals surface area contributed by atoms with Crippen molar-refractivity contribution in [3.63, 3.8) is 0 Å². The van der Waals surface area contributed by atoms with Crippen molar-refractivity contribution >= 4 is 46.7 Å². The second-order valence-corrected chi connectivity index (χ2v) is 10.5. The number of aliphatic imine (C=N–C) groups is 1. The largest absolute Gasteiger partial charge is 0.445 e. The van der Waals surface area contributed by atoms with E-state index in [4.69, 9.17) is 33.5 Å². The van der Waals surface area contributed by atoms with Crippen LogP contribution in [-0.4, -0.2) is 59.8 Å². The van der Waals surface area contributed by atoms with E-state index in [9.17, 15) is 14.4 Å². The molecule has 3 rings (SSSR count). The zero-order valence-electron chi connectivity index (χ0n) is 21.3. The molecule has 13 heteroatoms. The van der Waals surface area contributed by atoms with Gasteiger partial charge in [-0.1, -0.05) is 30.2 Å². The van der Waals surface area contributed by atoms with E-state index in [2.05, 4.69) is 15.3 Å². The Morgan fingerprint density at radius 3 is 2.82 bits per heavy atom. The summed E-state index contributed by atoms with van der Waals surface area (Å²) in [5.74, 6) is -0.901. The van der Waals surface area contributed by atoms with Gasteiger partial charge in [0.25, 0.3) is 0 Å². The fraction of sp³-hybridized carbons (Fsp3) is 0.480. The van der Waals surface area contributed by atoms with Crippen LogP contribution in [0.15, 0.2) is 34.6 Å². The van der Waals surface area contributed by atoms with Crippen LogP contribution < -0.4 is 22.5 Å². The number of nitrogens with two attached hydrogens (primary N) is 3. The van der Waals surface area contributed by atoms with E-state index in [-0.39, 0.29) is 42.4 Å². The SMILES string of the molecule is CNC(=O)[C@H](CCCCN=C(N)N)CC(=O)c1csc([C@@H]2C[C@@H](N)CN2C(=O)OCc2cccc(Cl)c2)n1. The van der Waals surface area contributed by atoms with Crippen LogP contribution in [0.1, 0.15) is 59.2 Å². The fourth-order valence-corrected chi connectivity index (χ4v) is 5.46. The normalized spacial score (nSPS) is 17.6. The first-order chi connectivity index (χ1) is 18.2. The van der Waals surface area contributed by atoms with Gasteiger partial charge in [-0.3, -0.25) is 19.5 Å². The van der Waals surface area contributed by atoms with E-state index < -0.39 is 18.1 Å². The van der Waals surface area contributed by atoms with Crippen LogP contribution in [0.4, 0.5) is 4.79 Å². The number of likely N-dealkylation sites (tertiary alicyclic amines) is 1. The molecule has 1 saturated heterocycles. The molecule has 3 atom stereocenters. The van der Waals surface area contributed by atoms with E-state index in [0.29, 0.717) is 48.8 Å². The zero-order chi connectivity index (χ0) is 27.7. The first kappa shape index (κ1) is 29.3. The second kappa shape index (κ2) is 14.1. The van der Waals surface area contributed by atoms with Gasteiger partial charge in [0, 0.05) is 48.9 Å². The number of ketones is 1. The number of ether oxygens (including phenoxy) is 1. The maximum Gasteiger partial charge on any atom is 0.410 e. The summed E-state index contributed by atoms with van der Waals surface area (Å²) in [5, 5.41) is 5.45. The molecule has 1 aromatic heterocycles. The van der Waals surface area contributed by atoms with Gasteiger partial charge in [0.15, 0.2) is 11.7 Å². The molecule has 2 amide bonds. The van der Waals surface area contributed by atoms with Crippen LogP contribution in [0.5, 0.6) is 0 Å². The van der Waals surface area contributed by atoms with Gasteiger partial charge in [-0.25, -0.2) is 9.78 Å². The number of guanidine groups is 1. The summed E-state index contributed by atoms with van der Waals surface area (Å²) in [6.07, 6.45) is 1.94. The van der Waals surface area contributed by atoms with Crippen molar-refractivity contribution in [3.05, 3.63) is 50.9 Å². The van der Waals surface area contributed by atoms with Crippen LogP contribution in [0.2, 0.25) is 5.02 Å². The Morgan fingerprint density at radius 1 is 1.32 bits per heavy atom. The number of hydrogen-bond acceptors (Lipinski definition) is 8. The van der Waals surface area contributed by atoms with Crippen molar-refractivity contribution in [1.29, 1.82) is 0 Å². The number of rotatable bonds is 12. The molecule has 1 aliphatic heterocycles. The minimum atomic E-state index is -0.508. The molecule has 0 spiro atoms. The molecule has 1 aromatic carbocycles. The monoisotopic (exact) mass is 563 g/mol. The number of nitrogens with zero attached hydrogens (tertiary/aromatic N) is 3. The molecule has 11 nitrogen and oxygen atoms in total. The lowest BCUT2D eigenvalue weighted by Gasteiger charge is -2.22. The van der Waals surface area contributed by atoms with Gasteiger partial charge in [0.2, 0.25) is 5.91 Å². The van der Waals surface area contributed by atoms with Crippen LogP contribution in [-0.2, 0) is 16.1 Å². The maximum absolute atomic E-state index is 13.0. The molecule has 0 saturated carbocycles. The summed E-state index contributed by atoms with van der Waals surface area (Å²) in [6.45, 7) is 0.862. The van der Waals surface area contributed by atoms with E-state index in [1.165, 1.54) is 11.3 Å². The van der Waals surface area contributed by atoms with Crippen LogP contribution >= 0.6 is 22.9 Å². The summed E-state index contributed by atoms with van der Waals surface area (Å²) < 4.78 is 5.50. The molecule has 1 aliphatic rings. The Labute approximate surface area is 230 Å².